The smallest absolute Gasteiger partial charge is 0.275 e. The van der Waals surface area contributed by atoms with E-state index in [1.165, 1.54) is 12.5 Å². The molecule has 0 aliphatic heterocycles. The summed E-state index contributed by atoms with van der Waals surface area (Å²) in [5.41, 5.74) is 0.976. The van der Waals surface area contributed by atoms with Crippen LogP contribution in [0.1, 0.15) is 10.5 Å². The van der Waals surface area contributed by atoms with E-state index < -0.39 is 0 Å². The Morgan fingerprint density at radius 1 is 0.923 bits per heavy atom. The molecule has 0 unspecified atom stereocenters. The van der Waals surface area contributed by atoms with Gasteiger partial charge >= 0.3 is 0 Å². The first-order chi connectivity index (χ1) is 12.8. The summed E-state index contributed by atoms with van der Waals surface area (Å²) in [5.74, 6) is 1.06. The number of nitrogens with zero attached hydrogens (tertiary/aromatic N) is 6. The molecule has 1 N–H and O–H groups in total. The lowest BCUT2D eigenvalue weighted by Gasteiger charge is -2.08. The Labute approximate surface area is 148 Å². The normalized spacial score (nSPS) is 10.5. The van der Waals surface area contributed by atoms with Gasteiger partial charge in [-0.2, -0.15) is 0 Å². The average molecular weight is 343 g/mol. The number of nitrogens with one attached hydrogen (secondary N) is 1. The summed E-state index contributed by atoms with van der Waals surface area (Å²) >= 11 is 0. The number of amides is 1. The molecule has 8 nitrogen and oxygen atoms in total. The Morgan fingerprint density at radius 3 is 2.54 bits per heavy atom. The van der Waals surface area contributed by atoms with Crippen LogP contribution in [-0.2, 0) is 0 Å². The van der Waals surface area contributed by atoms with Gasteiger partial charge in [0, 0.05) is 18.6 Å². The van der Waals surface area contributed by atoms with E-state index in [0.29, 0.717) is 28.8 Å². The minimum Gasteiger partial charge on any atom is -0.305 e. The van der Waals surface area contributed by atoms with Gasteiger partial charge in [0.05, 0.1) is 6.20 Å². The minimum absolute atomic E-state index is 0.348. The predicted octanol–water partition coefficient (Wildman–Crippen LogP) is 2.37. The topological polar surface area (TPSA) is 98.5 Å². The van der Waals surface area contributed by atoms with Crippen LogP contribution >= 0.6 is 0 Å². The third kappa shape index (κ3) is 3.16. The van der Waals surface area contributed by atoms with Crippen molar-refractivity contribution < 1.29 is 4.79 Å². The van der Waals surface area contributed by atoms with Crippen LogP contribution in [0.2, 0.25) is 0 Å². The second-order valence-electron chi connectivity index (χ2n) is 5.27. The van der Waals surface area contributed by atoms with Crippen molar-refractivity contribution >= 4 is 11.7 Å². The number of imidazole rings is 1. The van der Waals surface area contributed by atoms with Gasteiger partial charge in [-0.25, -0.2) is 19.9 Å². The van der Waals surface area contributed by atoms with Crippen molar-refractivity contribution in [3.8, 4) is 17.3 Å². The van der Waals surface area contributed by atoms with Crippen molar-refractivity contribution in [3.05, 3.63) is 79.3 Å². The van der Waals surface area contributed by atoms with Crippen LogP contribution in [-0.4, -0.2) is 35.4 Å². The third-order valence-electron chi connectivity index (χ3n) is 3.56. The maximum Gasteiger partial charge on any atom is 0.275 e. The maximum absolute atomic E-state index is 12.6. The molecular formula is C18H13N7O. The Bertz CT molecular complexity index is 1030. The van der Waals surface area contributed by atoms with Gasteiger partial charge in [-0.1, -0.05) is 12.1 Å². The van der Waals surface area contributed by atoms with Gasteiger partial charge in [0.15, 0.2) is 5.82 Å². The molecule has 126 valence electrons. The molecule has 4 heterocycles. The highest BCUT2D eigenvalue weighted by Gasteiger charge is 2.15. The molecule has 1 amide bonds. The standard InChI is InChI=1S/C18H13N7O/c26-18(14-11-19-12-25(14)16-6-2-4-9-21-16)24-15-7-10-22-17(23-15)13-5-1-3-8-20-13/h1-12H,(H,22,23,24,26). The Hall–Kier alpha value is -3.94. The molecule has 4 rings (SSSR count). The van der Waals surface area contributed by atoms with Crippen LogP contribution in [0.25, 0.3) is 17.3 Å². The molecule has 0 radical (unpaired) electrons. The molecule has 26 heavy (non-hydrogen) atoms. The summed E-state index contributed by atoms with van der Waals surface area (Å²) in [5, 5.41) is 2.76. The fourth-order valence-corrected chi connectivity index (χ4v) is 2.37. The van der Waals surface area contributed by atoms with Crippen LogP contribution in [0.3, 0.4) is 0 Å². The number of pyridine rings is 2. The fraction of sp³-hybridized carbons (Fsp3) is 0. The highest BCUT2D eigenvalue weighted by Crippen LogP contribution is 2.14. The molecule has 0 aromatic carbocycles. The summed E-state index contributed by atoms with van der Waals surface area (Å²) in [4.78, 5) is 33.7. The molecule has 0 saturated carbocycles. The van der Waals surface area contributed by atoms with E-state index in [4.69, 9.17) is 0 Å². The van der Waals surface area contributed by atoms with Crippen LogP contribution < -0.4 is 5.32 Å². The number of carbonyl (C=O) groups excluding carboxylic acids is 1. The molecule has 4 aromatic heterocycles. The van der Waals surface area contributed by atoms with Crippen molar-refractivity contribution in [1.82, 2.24) is 29.5 Å². The van der Waals surface area contributed by atoms with E-state index in [9.17, 15) is 4.79 Å². The Kier molecular flexibility index (Phi) is 4.13. The molecule has 0 aliphatic rings. The SMILES string of the molecule is O=C(Nc1ccnc(-c2ccccn2)n1)c1cncn1-c1ccccn1. The van der Waals surface area contributed by atoms with E-state index in [1.807, 2.05) is 18.2 Å². The summed E-state index contributed by atoms with van der Waals surface area (Å²) in [6.45, 7) is 0. The van der Waals surface area contributed by atoms with E-state index >= 15 is 0 Å². The van der Waals surface area contributed by atoms with Crippen molar-refractivity contribution in [2.45, 2.75) is 0 Å². The quantitative estimate of drug-likeness (QED) is 0.611. The molecule has 0 aliphatic carbocycles. The third-order valence-corrected chi connectivity index (χ3v) is 3.56. The van der Waals surface area contributed by atoms with Crippen LogP contribution in [0.5, 0.6) is 0 Å². The number of hydrogen-bond donors (Lipinski definition) is 1. The summed E-state index contributed by atoms with van der Waals surface area (Å²) in [7, 11) is 0. The summed E-state index contributed by atoms with van der Waals surface area (Å²) in [6.07, 6.45) is 7.90. The van der Waals surface area contributed by atoms with Crippen molar-refractivity contribution in [2.75, 3.05) is 5.32 Å². The zero-order valence-electron chi connectivity index (χ0n) is 13.5. The molecule has 0 spiro atoms. The molecule has 8 heteroatoms. The largest absolute Gasteiger partial charge is 0.305 e. The van der Waals surface area contributed by atoms with E-state index in [0.717, 1.165) is 0 Å². The van der Waals surface area contributed by atoms with Gasteiger partial charge < -0.3 is 5.32 Å². The van der Waals surface area contributed by atoms with E-state index in [1.54, 1.807) is 47.4 Å². The number of aromatic nitrogens is 6. The molecule has 0 saturated heterocycles. The van der Waals surface area contributed by atoms with Gasteiger partial charge in [-0.05, 0) is 30.3 Å². The lowest BCUT2D eigenvalue weighted by molar-refractivity contribution is 0.102. The molecule has 0 bridgehead atoms. The van der Waals surface area contributed by atoms with Gasteiger partial charge in [-0.15, -0.1) is 0 Å². The zero-order valence-corrected chi connectivity index (χ0v) is 13.5. The lowest BCUT2D eigenvalue weighted by atomic mass is 10.3. The van der Waals surface area contributed by atoms with Gasteiger partial charge in [0.1, 0.15) is 29.4 Å². The highest BCUT2D eigenvalue weighted by atomic mass is 16.2. The first kappa shape index (κ1) is 15.6. The predicted molar refractivity (Wildman–Crippen MR) is 94.6 cm³/mol. The molecule has 4 aromatic rings. The Morgan fingerprint density at radius 2 is 1.77 bits per heavy atom. The monoisotopic (exact) mass is 343 g/mol. The van der Waals surface area contributed by atoms with Crippen LogP contribution in [0, 0.1) is 0 Å². The Balaban J connectivity index is 1.60. The second-order valence-corrected chi connectivity index (χ2v) is 5.27. The minimum atomic E-state index is -0.348. The first-order valence-corrected chi connectivity index (χ1v) is 7.81. The molecular weight excluding hydrogens is 330 g/mol. The van der Waals surface area contributed by atoms with E-state index in [2.05, 4.69) is 30.2 Å². The van der Waals surface area contributed by atoms with Gasteiger partial charge in [-0.3, -0.25) is 14.3 Å². The summed E-state index contributed by atoms with van der Waals surface area (Å²) in [6, 6.07) is 12.5. The van der Waals surface area contributed by atoms with E-state index in [-0.39, 0.29) is 5.91 Å². The van der Waals surface area contributed by atoms with Gasteiger partial charge in [0.2, 0.25) is 0 Å². The van der Waals surface area contributed by atoms with Crippen molar-refractivity contribution in [1.29, 1.82) is 0 Å². The number of rotatable bonds is 4. The number of carbonyl (C=O) groups is 1. The zero-order chi connectivity index (χ0) is 17.8. The number of anilines is 1. The maximum atomic E-state index is 12.6. The average Bonchev–Trinajstić information content (AvgIpc) is 3.20. The van der Waals surface area contributed by atoms with Gasteiger partial charge in [0.25, 0.3) is 5.91 Å². The molecule has 0 atom stereocenters. The first-order valence-electron chi connectivity index (χ1n) is 7.81. The van der Waals surface area contributed by atoms with Crippen molar-refractivity contribution in [3.63, 3.8) is 0 Å². The van der Waals surface area contributed by atoms with Crippen LogP contribution in [0.4, 0.5) is 5.82 Å². The van der Waals surface area contributed by atoms with Crippen molar-refractivity contribution in [2.24, 2.45) is 0 Å². The fourth-order valence-electron chi connectivity index (χ4n) is 2.37. The lowest BCUT2D eigenvalue weighted by Crippen LogP contribution is -2.17. The highest BCUT2D eigenvalue weighted by molar-refractivity contribution is 6.02. The summed E-state index contributed by atoms with van der Waals surface area (Å²) < 4.78 is 1.61. The molecule has 0 fully saturated rings. The van der Waals surface area contributed by atoms with Crippen LogP contribution in [0.15, 0.2) is 73.6 Å². The number of hydrogen-bond acceptors (Lipinski definition) is 6. The second kappa shape index (κ2) is 6.89.